The maximum atomic E-state index is 11.9. The summed E-state index contributed by atoms with van der Waals surface area (Å²) in [6, 6.07) is 0.197. The maximum Gasteiger partial charge on any atom is 0.320 e. The summed E-state index contributed by atoms with van der Waals surface area (Å²) in [5.74, 6) is 0. The van der Waals surface area contributed by atoms with Crippen LogP contribution in [0.15, 0.2) is 0 Å². The zero-order chi connectivity index (χ0) is 14.0. The quantitative estimate of drug-likeness (QED) is 0.776. The summed E-state index contributed by atoms with van der Waals surface area (Å²) in [6.45, 7) is 13.7. The van der Waals surface area contributed by atoms with Crippen molar-refractivity contribution in [2.75, 3.05) is 46.3 Å². The Kier molecular flexibility index (Phi) is 9.74. The van der Waals surface area contributed by atoms with Gasteiger partial charge in [-0.3, -0.25) is 0 Å². The van der Waals surface area contributed by atoms with E-state index in [2.05, 4.69) is 25.8 Å². The Morgan fingerprint density at radius 2 is 1.39 bits per heavy atom. The molecule has 4 nitrogen and oxygen atoms in total. The molecular formula is C14H31N3O. The van der Waals surface area contributed by atoms with Crippen LogP contribution >= 0.6 is 0 Å². The standard InChI is InChI=1S/C10H21N3O.C4H10/c1-4-12(5-2)10(14)13-8-6-11(3)7-9-13;1-3-4-2/h4-9H2,1-3H3;3-4H2,1-2H3. The van der Waals surface area contributed by atoms with Crippen LogP contribution in [0, 0.1) is 0 Å². The van der Waals surface area contributed by atoms with Crippen LogP contribution < -0.4 is 0 Å². The molecule has 0 bridgehead atoms. The van der Waals surface area contributed by atoms with Crippen molar-refractivity contribution in [3.05, 3.63) is 0 Å². The minimum atomic E-state index is 0.197. The van der Waals surface area contributed by atoms with Gasteiger partial charge in [0.25, 0.3) is 0 Å². The van der Waals surface area contributed by atoms with Crippen LogP contribution in [-0.2, 0) is 0 Å². The molecule has 108 valence electrons. The molecule has 2 amide bonds. The first-order chi connectivity index (χ1) is 8.60. The Balaban J connectivity index is 0.000000631. The average molecular weight is 257 g/mol. The van der Waals surface area contributed by atoms with E-state index in [-0.39, 0.29) is 6.03 Å². The first-order valence-corrected chi connectivity index (χ1v) is 7.32. The molecule has 0 saturated carbocycles. The molecule has 1 saturated heterocycles. The Morgan fingerprint density at radius 1 is 0.944 bits per heavy atom. The van der Waals surface area contributed by atoms with Crippen molar-refractivity contribution in [1.82, 2.24) is 14.7 Å². The van der Waals surface area contributed by atoms with Crippen molar-refractivity contribution in [2.24, 2.45) is 0 Å². The van der Waals surface area contributed by atoms with Gasteiger partial charge in [-0.25, -0.2) is 4.79 Å². The zero-order valence-corrected chi connectivity index (χ0v) is 12.9. The minimum Gasteiger partial charge on any atom is -0.325 e. The van der Waals surface area contributed by atoms with Gasteiger partial charge < -0.3 is 14.7 Å². The van der Waals surface area contributed by atoms with E-state index in [9.17, 15) is 4.79 Å². The number of unbranched alkanes of at least 4 members (excludes halogenated alkanes) is 1. The largest absolute Gasteiger partial charge is 0.325 e. The van der Waals surface area contributed by atoms with E-state index in [4.69, 9.17) is 0 Å². The number of nitrogens with zero attached hydrogens (tertiary/aromatic N) is 3. The Morgan fingerprint density at radius 3 is 1.72 bits per heavy atom. The van der Waals surface area contributed by atoms with Gasteiger partial charge in [0.1, 0.15) is 0 Å². The third-order valence-corrected chi connectivity index (χ3v) is 3.31. The second-order valence-corrected chi connectivity index (χ2v) is 4.75. The predicted molar refractivity (Wildman–Crippen MR) is 78.0 cm³/mol. The molecule has 0 radical (unpaired) electrons. The van der Waals surface area contributed by atoms with E-state index in [1.807, 2.05) is 23.6 Å². The van der Waals surface area contributed by atoms with E-state index in [0.29, 0.717) is 0 Å². The molecule has 0 aromatic heterocycles. The van der Waals surface area contributed by atoms with Gasteiger partial charge in [-0.15, -0.1) is 0 Å². The lowest BCUT2D eigenvalue weighted by atomic mass is 10.3. The van der Waals surface area contributed by atoms with E-state index in [1.165, 1.54) is 12.8 Å². The van der Waals surface area contributed by atoms with Crippen LogP contribution in [0.5, 0.6) is 0 Å². The van der Waals surface area contributed by atoms with E-state index in [0.717, 1.165) is 39.3 Å². The third kappa shape index (κ3) is 6.24. The number of hydrogen-bond donors (Lipinski definition) is 0. The Bertz CT molecular complexity index is 207. The highest BCUT2D eigenvalue weighted by molar-refractivity contribution is 5.74. The van der Waals surface area contributed by atoms with Crippen LogP contribution in [-0.4, -0.2) is 67.0 Å². The van der Waals surface area contributed by atoms with Crippen molar-refractivity contribution in [2.45, 2.75) is 40.5 Å². The van der Waals surface area contributed by atoms with Gasteiger partial charge in [0.2, 0.25) is 0 Å². The maximum absolute atomic E-state index is 11.9. The number of hydrogen-bond acceptors (Lipinski definition) is 2. The van der Waals surface area contributed by atoms with E-state index < -0.39 is 0 Å². The molecular weight excluding hydrogens is 226 g/mol. The Labute approximate surface area is 113 Å². The second kappa shape index (κ2) is 10.2. The number of carbonyl (C=O) groups is 1. The van der Waals surface area contributed by atoms with Crippen LogP contribution in [0.3, 0.4) is 0 Å². The summed E-state index contributed by atoms with van der Waals surface area (Å²) < 4.78 is 0. The summed E-state index contributed by atoms with van der Waals surface area (Å²) in [5.41, 5.74) is 0. The molecule has 1 rings (SSSR count). The molecule has 0 aromatic carbocycles. The number of likely N-dealkylation sites (N-methyl/N-ethyl adjacent to an activating group) is 1. The SMILES string of the molecule is CCCC.CCN(CC)C(=O)N1CCN(C)CC1. The molecule has 0 N–H and O–H groups in total. The normalized spacial score (nSPS) is 15.9. The minimum absolute atomic E-state index is 0.197. The number of amides is 2. The number of carbonyl (C=O) groups excluding carboxylic acids is 1. The number of rotatable bonds is 3. The fraction of sp³-hybridized carbons (Fsp3) is 0.929. The van der Waals surface area contributed by atoms with Gasteiger partial charge in [0.05, 0.1) is 0 Å². The molecule has 1 aliphatic heterocycles. The van der Waals surface area contributed by atoms with Gasteiger partial charge in [-0.05, 0) is 20.9 Å². The topological polar surface area (TPSA) is 26.8 Å². The lowest BCUT2D eigenvalue weighted by Gasteiger charge is -2.35. The van der Waals surface area contributed by atoms with Crippen molar-refractivity contribution < 1.29 is 4.79 Å². The number of piperazine rings is 1. The van der Waals surface area contributed by atoms with E-state index in [1.54, 1.807) is 0 Å². The number of urea groups is 1. The average Bonchev–Trinajstić information content (AvgIpc) is 2.41. The van der Waals surface area contributed by atoms with Gasteiger partial charge in [-0.2, -0.15) is 0 Å². The molecule has 4 heteroatoms. The lowest BCUT2D eigenvalue weighted by Crippen LogP contribution is -2.51. The molecule has 1 heterocycles. The van der Waals surface area contributed by atoms with E-state index >= 15 is 0 Å². The summed E-state index contributed by atoms with van der Waals surface area (Å²) in [4.78, 5) is 18.0. The highest BCUT2D eigenvalue weighted by Gasteiger charge is 2.21. The smallest absolute Gasteiger partial charge is 0.320 e. The summed E-state index contributed by atoms with van der Waals surface area (Å²) in [7, 11) is 2.10. The van der Waals surface area contributed by atoms with Crippen LogP contribution in [0.25, 0.3) is 0 Å². The fourth-order valence-corrected chi connectivity index (χ4v) is 1.69. The monoisotopic (exact) mass is 257 g/mol. The predicted octanol–water partition coefficient (Wildman–Crippen LogP) is 2.50. The van der Waals surface area contributed by atoms with Crippen LogP contribution in [0.2, 0.25) is 0 Å². The van der Waals surface area contributed by atoms with Crippen molar-refractivity contribution in [1.29, 1.82) is 0 Å². The molecule has 1 aliphatic rings. The molecule has 18 heavy (non-hydrogen) atoms. The molecule has 0 spiro atoms. The van der Waals surface area contributed by atoms with Crippen LogP contribution in [0.1, 0.15) is 40.5 Å². The zero-order valence-electron chi connectivity index (χ0n) is 12.9. The van der Waals surface area contributed by atoms with Gasteiger partial charge in [-0.1, -0.05) is 26.7 Å². The third-order valence-electron chi connectivity index (χ3n) is 3.31. The summed E-state index contributed by atoms with van der Waals surface area (Å²) in [6.07, 6.45) is 2.64. The molecule has 1 fully saturated rings. The molecule has 0 aliphatic carbocycles. The summed E-state index contributed by atoms with van der Waals surface area (Å²) in [5, 5.41) is 0. The molecule has 0 aromatic rings. The first-order valence-electron chi connectivity index (χ1n) is 7.32. The molecule has 0 atom stereocenters. The Hall–Kier alpha value is -0.770. The highest BCUT2D eigenvalue weighted by Crippen LogP contribution is 2.03. The van der Waals surface area contributed by atoms with Crippen LogP contribution in [0.4, 0.5) is 4.79 Å². The molecule has 0 unspecified atom stereocenters. The first kappa shape index (κ1) is 17.2. The van der Waals surface area contributed by atoms with Gasteiger partial charge >= 0.3 is 6.03 Å². The van der Waals surface area contributed by atoms with Crippen molar-refractivity contribution in [3.8, 4) is 0 Å². The fourth-order valence-electron chi connectivity index (χ4n) is 1.69. The van der Waals surface area contributed by atoms with Gasteiger partial charge in [0.15, 0.2) is 0 Å². The second-order valence-electron chi connectivity index (χ2n) is 4.75. The van der Waals surface area contributed by atoms with Crippen molar-refractivity contribution >= 4 is 6.03 Å². The highest BCUT2D eigenvalue weighted by atomic mass is 16.2. The van der Waals surface area contributed by atoms with Crippen molar-refractivity contribution in [3.63, 3.8) is 0 Å². The lowest BCUT2D eigenvalue weighted by molar-refractivity contribution is 0.125. The van der Waals surface area contributed by atoms with Gasteiger partial charge in [0, 0.05) is 39.3 Å². The summed E-state index contributed by atoms with van der Waals surface area (Å²) >= 11 is 0.